The third-order valence-corrected chi connectivity index (χ3v) is 5.87. The van der Waals surface area contributed by atoms with Crippen molar-refractivity contribution >= 4 is 24.2 Å². The largest absolute Gasteiger partial charge is 0.356 e. The van der Waals surface area contributed by atoms with Crippen LogP contribution in [-0.4, -0.2) is 41.6 Å². The van der Waals surface area contributed by atoms with Crippen molar-refractivity contribution in [3.05, 3.63) is 11.7 Å². The molecule has 3 rings (SSSR count). The minimum Gasteiger partial charge on any atom is -0.356 e. The van der Waals surface area contributed by atoms with Gasteiger partial charge in [-0.3, -0.25) is 9.59 Å². The highest BCUT2D eigenvalue weighted by Gasteiger charge is 2.38. The zero-order valence-electron chi connectivity index (χ0n) is 17.3. The van der Waals surface area contributed by atoms with E-state index in [-0.39, 0.29) is 24.2 Å². The lowest BCUT2D eigenvalue weighted by Gasteiger charge is -2.30. The highest BCUT2D eigenvalue weighted by atomic mass is 35.5. The van der Waals surface area contributed by atoms with Gasteiger partial charge >= 0.3 is 0 Å². The number of carbonyl (C=O) groups excluding carboxylic acids is 2. The molecule has 1 saturated heterocycles. The summed E-state index contributed by atoms with van der Waals surface area (Å²) in [5.41, 5.74) is -0.540. The lowest BCUT2D eigenvalue weighted by Crippen LogP contribution is -2.45. The number of carbonyl (C=O) groups is 2. The summed E-state index contributed by atoms with van der Waals surface area (Å²) in [7, 11) is 0. The fourth-order valence-corrected chi connectivity index (χ4v) is 4.31. The minimum absolute atomic E-state index is 0. The van der Waals surface area contributed by atoms with Crippen LogP contribution >= 0.6 is 12.4 Å². The first-order chi connectivity index (χ1) is 13.6. The van der Waals surface area contributed by atoms with E-state index in [0.717, 1.165) is 58.0 Å². The van der Waals surface area contributed by atoms with Crippen LogP contribution in [0.1, 0.15) is 76.4 Å². The Labute approximate surface area is 178 Å². The predicted molar refractivity (Wildman–Crippen MR) is 112 cm³/mol. The molecule has 1 aromatic rings. The van der Waals surface area contributed by atoms with Gasteiger partial charge in [0.05, 0.1) is 0 Å². The molecule has 8 nitrogen and oxygen atoms in total. The van der Waals surface area contributed by atoms with Crippen molar-refractivity contribution in [2.45, 2.75) is 76.7 Å². The Kier molecular flexibility index (Phi) is 9.36. The monoisotopic (exact) mass is 427 g/mol. The van der Waals surface area contributed by atoms with E-state index in [1.807, 2.05) is 0 Å². The molecule has 1 aliphatic heterocycles. The van der Waals surface area contributed by atoms with Crippen LogP contribution < -0.4 is 16.0 Å². The summed E-state index contributed by atoms with van der Waals surface area (Å²) in [4.78, 5) is 28.4. The van der Waals surface area contributed by atoms with Crippen molar-refractivity contribution in [2.75, 3.05) is 19.6 Å². The number of aryl methyl sites for hydroxylation is 1. The predicted octanol–water partition coefficient (Wildman–Crippen LogP) is 2.23. The average Bonchev–Trinajstić information content (AvgIpc) is 3.29. The summed E-state index contributed by atoms with van der Waals surface area (Å²) in [5.74, 6) is 1.61. The molecule has 9 heteroatoms. The summed E-state index contributed by atoms with van der Waals surface area (Å²) in [5, 5.41) is 13.6. The lowest BCUT2D eigenvalue weighted by molar-refractivity contribution is -0.122. The Morgan fingerprint density at radius 2 is 2.00 bits per heavy atom. The average molecular weight is 428 g/mol. The molecule has 1 saturated carbocycles. The molecule has 29 heavy (non-hydrogen) atoms. The van der Waals surface area contributed by atoms with E-state index in [9.17, 15) is 9.59 Å². The molecule has 1 aromatic heterocycles. The standard InChI is InChI=1S/C20H33N5O3.ClH/c1-15(26)24-20(10-4-2-3-5-11-20)19-23-18(28-25-19)7-6-17(27)22-13-9-16-8-12-21-14-16;/h16,21H,2-14H2,1H3,(H,22,27)(H,24,26);1H. The summed E-state index contributed by atoms with van der Waals surface area (Å²) in [6, 6.07) is 0. The van der Waals surface area contributed by atoms with Gasteiger partial charge in [-0.2, -0.15) is 4.98 Å². The zero-order chi connectivity index (χ0) is 19.8. The number of aromatic nitrogens is 2. The number of rotatable bonds is 8. The Balaban J connectivity index is 0.00000300. The number of hydrogen-bond acceptors (Lipinski definition) is 6. The van der Waals surface area contributed by atoms with Crippen molar-refractivity contribution in [2.24, 2.45) is 5.92 Å². The van der Waals surface area contributed by atoms with E-state index in [1.54, 1.807) is 0 Å². The number of nitrogens with zero attached hydrogens (tertiary/aromatic N) is 2. The van der Waals surface area contributed by atoms with Crippen LogP contribution in [0.25, 0.3) is 0 Å². The fraction of sp³-hybridized carbons (Fsp3) is 0.800. The van der Waals surface area contributed by atoms with Gasteiger partial charge in [0.25, 0.3) is 0 Å². The summed E-state index contributed by atoms with van der Waals surface area (Å²) >= 11 is 0. The van der Waals surface area contributed by atoms with Crippen molar-refractivity contribution < 1.29 is 14.1 Å². The van der Waals surface area contributed by atoms with Gasteiger partial charge in [-0.25, -0.2) is 0 Å². The van der Waals surface area contributed by atoms with Gasteiger partial charge in [0.2, 0.25) is 17.7 Å². The molecule has 0 radical (unpaired) electrons. The van der Waals surface area contributed by atoms with E-state index in [2.05, 4.69) is 26.1 Å². The third kappa shape index (κ3) is 6.96. The summed E-state index contributed by atoms with van der Waals surface area (Å²) in [6.07, 6.45) is 8.97. The zero-order valence-corrected chi connectivity index (χ0v) is 18.1. The molecule has 1 aliphatic carbocycles. The van der Waals surface area contributed by atoms with Crippen molar-refractivity contribution in [3.8, 4) is 0 Å². The van der Waals surface area contributed by atoms with E-state index >= 15 is 0 Å². The second kappa shape index (κ2) is 11.5. The van der Waals surface area contributed by atoms with Crippen LogP contribution in [0.4, 0.5) is 0 Å². The van der Waals surface area contributed by atoms with Crippen LogP contribution in [-0.2, 0) is 21.5 Å². The molecule has 0 aromatic carbocycles. The van der Waals surface area contributed by atoms with Gasteiger partial charge in [0.1, 0.15) is 5.54 Å². The summed E-state index contributed by atoms with van der Waals surface area (Å²) < 4.78 is 5.40. The third-order valence-electron chi connectivity index (χ3n) is 5.87. The summed E-state index contributed by atoms with van der Waals surface area (Å²) in [6.45, 7) is 4.38. The van der Waals surface area contributed by atoms with Crippen molar-refractivity contribution in [1.82, 2.24) is 26.1 Å². The maximum Gasteiger partial charge on any atom is 0.227 e. The SMILES string of the molecule is CC(=O)NC1(c2noc(CCC(=O)NCCC3CCNC3)n2)CCCCCC1.Cl. The molecular formula is C20H34ClN5O3. The molecule has 2 heterocycles. The topological polar surface area (TPSA) is 109 Å². The highest BCUT2D eigenvalue weighted by molar-refractivity contribution is 5.85. The first kappa shape index (κ1) is 23.6. The smallest absolute Gasteiger partial charge is 0.227 e. The molecule has 164 valence electrons. The van der Waals surface area contributed by atoms with Gasteiger partial charge in [0, 0.05) is 26.3 Å². The van der Waals surface area contributed by atoms with Crippen molar-refractivity contribution in [3.63, 3.8) is 0 Å². The molecule has 1 unspecified atom stereocenters. The molecule has 0 bridgehead atoms. The van der Waals surface area contributed by atoms with Crippen LogP contribution in [0, 0.1) is 5.92 Å². The first-order valence-electron chi connectivity index (χ1n) is 10.7. The Hall–Kier alpha value is -1.67. The molecule has 0 spiro atoms. The maximum atomic E-state index is 12.1. The number of halogens is 1. The highest BCUT2D eigenvalue weighted by Crippen LogP contribution is 2.34. The number of nitrogens with one attached hydrogen (secondary N) is 3. The maximum absolute atomic E-state index is 12.1. The van der Waals surface area contributed by atoms with E-state index in [4.69, 9.17) is 4.52 Å². The Bertz CT molecular complexity index is 652. The number of amides is 2. The molecule has 2 fully saturated rings. The van der Waals surface area contributed by atoms with Crippen LogP contribution in [0.2, 0.25) is 0 Å². The van der Waals surface area contributed by atoms with E-state index < -0.39 is 5.54 Å². The second-order valence-corrected chi connectivity index (χ2v) is 8.19. The number of hydrogen-bond donors (Lipinski definition) is 3. The molecule has 3 N–H and O–H groups in total. The lowest BCUT2D eigenvalue weighted by atomic mass is 9.89. The molecule has 2 aliphatic rings. The van der Waals surface area contributed by atoms with Crippen molar-refractivity contribution in [1.29, 1.82) is 0 Å². The van der Waals surface area contributed by atoms with Crippen LogP contribution in [0.5, 0.6) is 0 Å². The minimum atomic E-state index is -0.540. The molecule has 2 amide bonds. The van der Waals surface area contributed by atoms with Gasteiger partial charge < -0.3 is 20.5 Å². The molecule has 1 atom stereocenters. The van der Waals surface area contributed by atoms with Gasteiger partial charge in [-0.05, 0) is 44.7 Å². The molecular weight excluding hydrogens is 394 g/mol. The van der Waals surface area contributed by atoms with Crippen LogP contribution in [0.15, 0.2) is 4.52 Å². The quantitative estimate of drug-likeness (QED) is 0.549. The Morgan fingerprint density at radius 3 is 2.66 bits per heavy atom. The van der Waals surface area contributed by atoms with Gasteiger partial charge in [0.15, 0.2) is 5.82 Å². The Morgan fingerprint density at radius 1 is 1.24 bits per heavy atom. The second-order valence-electron chi connectivity index (χ2n) is 8.19. The van der Waals surface area contributed by atoms with E-state index in [1.165, 1.54) is 13.3 Å². The van der Waals surface area contributed by atoms with Crippen LogP contribution in [0.3, 0.4) is 0 Å². The normalized spacial score (nSPS) is 21.1. The van der Waals surface area contributed by atoms with E-state index in [0.29, 0.717) is 37.0 Å². The van der Waals surface area contributed by atoms with Gasteiger partial charge in [-0.15, -0.1) is 12.4 Å². The first-order valence-corrected chi connectivity index (χ1v) is 10.7. The van der Waals surface area contributed by atoms with Gasteiger partial charge in [-0.1, -0.05) is 30.8 Å². The fourth-order valence-electron chi connectivity index (χ4n) is 4.31.